The molecule has 2 aromatic rings. The second kappa shape index (κ2) is 10.3. The third-order valence-electron chi connectivity index (χ3n) is 5.62. The lowest BCUT2D eigenvalue weighted by Crippen LogP contribution is -2.39. The van der Waals surface area contributed by atoms with E-state index in [-0.39, 0.29) is 30.7 Å². The number of halogens is 2. The number of aryl methyl sites for hydroxylation is 2. The van der Waals surface area contributed by atoms with Crippen LogP contribution in [0.5, 0.6) is 11.6 Å². The number of carbonyl (C=O) groups excluding carboxylic acids is 1. The van der Waals surface area contributed by atoms with Gasteiger partial charge in [-0.25, -0.2) is 4.98 Å². The van der Waals surface area contributed by atoms with Gasteiger partial charge in [0, 0.05) is 42.5 Å². The first-order chi connectivity index (χ1) is 13.0. The molecule has 0 spiro atoms. The number of aromatic nitrogens is 1. The van der Waals surface area contributed by atoms with Crippen molar-refractivity contribution in [3.05, 3.63) is 47.7 Å². The first-order valence-electron chi connectivity index (χ1n) is 9.82. The summed E-state index contributed by atoms with van der Waals surface area (Å²) in [5, 5.41) is 6.67. The molecule has 2 aliphatic heterocycles. The zero-order chi connectivity index (χ0) is 18.8. The number of benzene rings is 1. The highest BCUT2D eigenvalue weighted by Crippen LogP contribution is 2.33. The minimum absolute atomic E-state index is 0. The maximum Gasteiger partial charge on any atom is 0.224 e. The fourth-order valence-corrected chi connectivity index (χ4v) is 4.28. The van der Waals surface area contributed by atoms with Crippen molar-refractivity contribution >= 4 is 36.4 Å². The van der Waals surface area contributed by atoms with E-state index in [2.05, 4.69) is 15.6 Å². The number of nitrogens with one attached hydrogen (secondary N) is 2. The smallest absolute Gasteiger partial charge is 0.224 e. The normalized spacial score (nSPS) is 22.2. The van der Waals surface area contributed by atoms with E-state index in [1.807, 2.05) is 44.2 Å². The average Bonchev–Trinajstić information content (AvgIpc) is 2.96. The number of amides is 1. The molecule has 29 heavy (non-hydrogen) atoms. The number of pyridine rings is 1. The number of carbonyl (C=O) groups is 1. The van der Waals surface area contributed by atoms with Crippen LogP contribution in [-0.2, 0) is 4.79 Å². The third kappa shape index (κ3) is 6.08. The van der Waals surface area contributed by atoms with E-state index >= 15 is 0 Å². The van der Waals surface area contributed by atoms with Crippen molar-refractivity contribution in [3.8, 4) is 11.6 Å². The Labute approximate surface area is 184 Å². The Balaban J connectivity index is 0.00000150. The summed E-state index contributed by atoms with van der Waals surface area (Å²) in [4.78, 5) is 16.8. The van der Waals surface area contributed by atoms with E-state index in [0.29, 0.717) is 36.1 Å². The minimum Gasteiger partial charge on any atom is -0.439 e. The van der Waals surface area contributed by atoms with Gasteiger partial charge in [-0.05, 0) is 68.7 Å². The predicted octanol–water partition coefficient (Wildman–Crippen LogP) is 5.19. The first-order valence-corrected chi connectivity index (χ1v) is 9.82. The molecule has 2 fully saturated rings. The lowest BCUT2D eigenvalue weighted by Gasteiger charge is -2.28. The fraction of sp³-hybridized carbons (Fsp3) is 0.455. The lowest BCUT2D eigenvalue weighted by molar-refractivity contribution is -0.117. The van der Waals surface area contributed by atoms with Crippen molar-refractivity contribution in [2.75, 3.05) is 5.32 Å². The Hall–Kier alpha value is -1.82. The van der Waals surface area contributed by atoms with Crippen molar-refractivity contribution in [1.82, 2.24) is 10.3 Å². The van der Waals surface area contributed by atoms with Crippen molar-refractivity contribution in [3.63, 3.8) is 0 Å². The van der Waals surface area contributed by atoms with Crippen molar-refractivity contribution in [2.24, 2.45) is 5.92 Å². The molecule has 2 unspecified atom stereocenters. The van der Waals surface area contributed by atoms with E-state index in [0.717, 1.165) is 29.7 Å². The number of hydrogen-bond donors (Lipinski definition) is 2. The van der Waals surface area contributed by atoms with Crippen LogP contribution < -0.4 is 15.4 Å². The maximum absolute atomic E-state index is 12.5. The second-order valence-electron chi connectivity index (χ2n) is 7.98. The fourth-order valence-electron chi connectivity index (χ4n) is 4.28. The summed E-state index contributed by atoms with van der Waals surface area (Å²) in [5.41, 5.74) is 2.87. The van der Waals surface area contributed by atoms with E-state index < -0.39 is 0 Å². The molecular weight excluding hydrogens is 409 g/mol. The van der Waals surface area contributed by atoms with Crippen LogP contribution in [0.15, 0.2) is 36.5 Å². The van der Waals surface area contributed by atoms with Crippen molar-refractivity contribution in [1.29, 1.82) is 0 Å². The summed E-state index contributed by atoms with van der Waals surface area (Å²) in [6.07, 6.45) is 7.08. The van der Waals surface area contributed by atoms with Gasteiger partial charge in [0.2, 0.25) is 11.8 Å². The van der Waals surface area contributed by atoms with Crippen LogP contribution in [0, 0.1) is 19.8 Å². The molecule has 2 bridgehead atoms. The molecule has 0 saturated carbocycles. The molecule has 2 saturated heterocycles. The number of hydrogen-bond acceptors (Lipinski definition) is 4. The molecule has 5 nitrogen and oxygen atoms in total. The van der Waals surface area contributed by atoms with Gasteiger partial charge in [0.05, 0.1) is 0 Å². The highest BCUT2D eigenvalue weighted by Gasteiger charge is 2.34. The Morgan fingerprint density at radius 3 is 2.55 bits per heavy atom. The largest absolute Gasteiger partial charge is 0.439 e. The maximum atomic E-state index is 12.5. The van der Waals surface area contributed by atoms with E-state index in [1.165, 1.54) is 12.8 Å². The highest BCUT2D eigenvalue weighted by molar-refractivity contribution is 5.91. The van der Waals surface area contributed by atoms with E-state index in [1.54, 1.807) is 6.20 Å². The molecule has 2 aliphatic rings. The molecule has 1 amide bonds. The molecule has 2 N–H and O–H groups in total. The molecule has 7 heteroatoms. The van der Waals surface area contributed by atoms with Gasteiger partial charge in [0.15, 0.2) is 0 Å². The predicted molar refractivity (Wildman–Crippen MR) is 121 cm³/mol. The summed E-state index contributed by atoms with van der Waals surface area (Å²) in [5.74, 6) is 1.85. The Bertz CT molecular complexity index is 835. The molecule has 0 aliphatic carbocycles. The molecule has 4 rings (SSSR count). The number of anilines is 1. The van der Waals surface area contributed by atoms with Crippen molar-refractivity contribution < 1.29 is 9.53 Å². The number of nitrogens with zero attached hydrogens (tertiary/aromatic N) is 1. The average molecular weight is 438 g/mol. The van der Waals surface area contributed by atoms with E-state index in [4.69, 9.17) is 4.74 Å². The SMILES string of the molecule is Cc1ccnc(Oc2cc(NC(=O)CC3CC4CCC(C3)N4)ccc2C)c1.Cl.Cl. The third-order valence-corrected chi connectivity index (χ3v) is 5.62. The van der Waals surface area contributed by atoms with E-state index in [9.17, 15) is 4.79 Å². The summed E-state index contributed by atoms with van der Waals surface area (Å²) in [6.45, 7) is 3.99. The van der Waals surface area contributed by atoms with Gasteiger partial charge in [0.25, 0.3) is 0 Å². The number of ether oxygens (including phenoxy) is 1. The van der Waals surface area contributed by atoms with Gasteiger partial charge < -0.3 is 15.4 Å². The monoisotopic (exact) mass is 437 g/mol. The van der Waals surface area contributed by atoms with Gasteiger partial charge in [-0.3, -0.25) is 4.79 Å². The summed E-state index contributed by atoms with van der Waals surface area (Å²) in [6, 6.07) is 10.8. The zero-order valence-electron chi connectivity index (χ0n) is 16.8. The molecule has 3 heterocycles. The Morgan fingerprint density at radius 1 is 1.14 bits per heavy atom. The van der Waals surface area contributed by atoms with Crippen LogP contribution >= 0.6 is 24.8 Å². The first kappa shape index (κ1) is 23.5. The summed E-state index contributed by atoms with van der Waals surface area (Å²) >= 11 is 0. The standard InChI is InChI=1S/C22H27N3O2.2ClH/c1-14-7-8-23-22(9-14)27-20-13-19(4-3-15(20)2)25-21(26)12-16-10-17-5-6-18(11-16)24-17;;/h3-4,7-9,13,16-18,24H,5-6,10-12H2,1-2H3,(H,25,26);2*1H. The number of fused-ring (bicyclic) bond motifs is 2. The van der Waals surface area contributed by atoms with Gasteiger partial charge in [-0.15, -0.1) is 24.8 Å². The highest BCUT2D eigenvalue weighted by atomic mass is 35.5. The molecule has 1 aromatic heterocycles. The van der Waals surface area contributed by atoms with Crippen LogP contribution in [0.4, 0.5) is 5.69 Å². The lowest BCUT2D eigenvalue weighted by atomic mass is 9.89. The molecule has 158 valence electrons. The van der Waals surface area contributed by atoms with Gasteiger partial charge >= 0.3 is 0 Å². The molecule has 0 radical (unpaired) electrons. The quantitative estimate of drug-likeness (QED) is 0.674. The van der Waals surface area contributed by atoms with Gasteiger partial charge in [0.1, 0.15) is 5.75 Å². The van der Waals surface area contributed by atoms with Crippen LogP contribution in [0.2, 0.25) is 0 Å². The topological polar surface area (TPSA) is 63.2 Å². The van der Waals surface area contributed by atoms with Crippen LogP contribution in [0.1, 0.15) is 43.2 Å². The molecule has 1 aromatic carbocycles. The molecular formula is C22H29Cl2N3O2. The van der Waals surface area contributed by atoms with Crippen LogP contribution in [-0.4, -0.2) is 23.0 Å². The summed E-state index contributed by atoms with van der Waals surface area (Å²) in [7, 11) is 0. The van der Waals surface area contributed by atoms with Gasteiger partial charge in [-0.1, -0.05) is 6.07 Å². The van der Waals surface area contributed by atoms with Crippen LogP contribution in [0.25, 0.3) is 0 Å². The second-order valence-corrected chi connectivity index (χ2v) is 7.98. The number of rotatable bonds is 5. The van der Waals surface area contributed by atoms with Crippen LogP contribution in [0.3, 0.4) is 0 Å². The minimum atomic E-state index is 0. The Morgan fingerprint density at radius 2 is 1.86 bits per heavy atom. The number of piperidine rings is 1. The van der Waals surface area contributed by atoms with Gasteiger partial charge in [-0.2, -0.15) is 0 Å². The zero-order valence-corrected chi connectivity index (χ0v) is 18.4. The van der Waals surface area contributed by atoms with Crippen molar-refractivity contribution in [2.45, 2.75) is 58.0 Å². The Kier molecular flexibility index (Phi) is 8.32. The summed E-state index contributed by atoms with van der Waals surface area (Å²) < 4.78 is 5.93. The molecule has 2 atom stereocenters.